The second-order valence-electron chi connectivity index (χ2n) is 3.89. The molecule has 19 heavy (non-hydrogen) atoms. The van der Waals surface area contributed by atoms with E-state index in [2.05, 4.69) is 0 Å². The van der Waals surface area contributed by atoms with Crippen LogP contribution in [0.25, 0.3) is 0 Å². The van der Waals surface area contributed by atoms with Crippen molar-refractivity contribution in [2.45, 2.75) is 11.1 Å². The Hall–Kier alpha value is -1.73. The fourth-order valence-electron chi connectivity index (χ4n) is 1.71. The Bertz CT molecular complexity index is 680. The Morgan fingerprint density at radius 3 is 2.63 bits per heavy atom. The molecule has 0 atom stereocenters. The molecular weight excluding hydrogens is 284 g/mol. The molecule has 0 saturated heterocycles. The molecule has 2 aromatic rings. The summed E-state index contributed by atoms with van der Waals surface area (Å²) in [7, 11) is -3.64. The van der Waals surface area contributed by atoms with Gasteiger partial charge in [0.2, 0.25) is 0 Å². The smallest absolute Gasteiger partial charge is 0.273 e. The van der Waals surface area contributed by atoms with Crippen LogP contribution in [-0.4, -0.2) is 20.1 Å². The van der Waals surface area contributed by atoms with Crippen LogP contribution in [0.3, 0.4) is 0 Å². The highest BCUT2D eigenvalue weighted by Crippen LogP contribution is 2.30. The van der Waals surface area contributed by atoms with Crippen LogP contribution in [0, 0.1) is 0 Å². The van der Waals surface area contributed by atoms with Crippen molar-refractivity contribution in [2.75, 3.05) is 16.6 Å². The number of phenols is 1. The van der Waals surface area contributed by atoms with Crippen molar-refractivity contribution in [2.24, 2.45) is 0 Å². The van der Waals surface area contributed by atoms with Crippen LogP contribution in [-0.2, 0) is 10.0 Å². The molecule has 1 aromatic heterocycles. The number of nitrogens with two attached hydrogens (primary N) is 1. The Labute approximate surface area is 116 Å². The number of sulfonamides is 1. The van der Waals surface area contributed by atoms with E-state index in [1.54, 1.807) is 24.4 Å². The van der Waals surface area contributed by atoms with Crippen LogP contribution in [0.15, 0.2) is 39.9 Å². The molecule has 0 radical (unpaired) electrons. The van der Waals surface area contributed by atoms with E-state index in [9.17, 15) is 13.5 Å². The average Bonchev–Trinajstić information content (AvgIpc) is 2.77. The number of benzene rings is 1. The van der Waals surface area contributed by atoms with Crippen molar-refractivity contribution in [3.05, 3.63) is 35.7 Å². The third kappa shape index (κ3) is 2.66. The van der Waals surface area contributed by atoms with E-state index in [1.807, 2.05) is 0 Å². The normalized spacial score (nSPS) is 11.4. The van der Waals surface area contributed by atoms with Gasteiger partial charge in [-0.3, -0.25) is 4.31 Å². The molecule has 1 heterocycles. The molecular formula is C12H14N2O3S2. The summed E-state index contributed by atoms with van der Waals surface area (Å²) in [5, 5.41) is 11.0. The van der Waals surface area contributed by atoms with Gasteiger partial charge in [-0.25, -0.2) is 8.42 Å². The molecule has 0 saturated carbocycles. The number of anilines is 2. The van der Waals surface area contributed by atoms with Gasteiger partial charge < -0.3 is 10.8 Å². The summed E-state index contributed by atoms with van der Waals surface area (Å²) < 4.78 is 26.4. The number of nitrogen functional groups attached to an aromatic ring is 1. The molecule has 5 nitrogen and oxygen atoms in total. The van der Waals surface area contributed by atoms with Gasteiger partial charge in [0.05, 0.1) is 5.69 Å². The standard InChI is InChI=1S/C12H14N2O3S2/c1-2-14(10-4-3-5-11(15)7-10)19(16,17)12-6-9(13)8-18-12/h3-8,15H,2,13H2,1H3. The van der Waals surface area contributed by atoms with Crippen molar-refractivity contribution in [3.63, 3.8) is 0 Å². The third-order valence-corrected chi connectivity index (χ3v) is 5.88. The van der Waals surface area contributed by atoms with E-state index in [0.717, 1.165) is 11.3 Å². The Morgan fingerprint density at radius 1 is 1.37 bits per heavy atom. The van der Waals surface area contributed by atoms with E-state index >= 15 is 0 Å². The summed E-state index contributed by atoms with van der Waals surface area (Å²) in [6, 6.07) is 7.58. The van der Waals surface area contributed by atoms with Gasteiger partial charge in [-0.2, -0.15) is 0 Å². The zero-order valence-electron chi connectivity index (χ0n) is 10.3. The molecule has 0 aliphatic heterocycles. The number of hydrogen-bond donors (Lipinski definition) is 2. The summed E-state index contributed by atoms with van der Waals surface area (Å²) in [5.41, 5.74) is 6.42. The van der Waals surface area contributed by atoms with Crippen LogP contribution in [0.1, 0.15) is 6.92 Å². The first-order valence-corrected chi connectivity index (χ1v) is 7.93. The molecule has 0 bridgehead atoms. The molecule has 102 valence electrons. The molecule has 0 fully saturated rings. The molecule has 1 aromatic carbocycles. The fourth-order valence-corrected chi connectivity index (χ4v) is 4.37. The number of rotatable bonds is 4. The summed E-state index contributed by atoms with van der Waals surface area (Å²) in [5.74, 6) is 0.0249. The minimum Gasteiger partial charge on any atom is -0.508 e. The highest BCUT2D eigenvalue weighted by molar-refractivity contribution is 7.94. The van der Waals surface area contributed by atoms with Crippen molar-refractivity contribution in [1.82, 2.24) is 0 Å². The molecule has 7 heteroatoms. The number of phenolic OH excluding ortho intramolecular Hbond substituents is 1. The van der Waals surface area contributed by atoms with Crippen molar-refractivity contribution < 1.29 is 13.5 Å². The lowest BCUT2D eigenvalue weighted by molar-refractivity contribution is 0.475. The van der Waals surface area contributed by atoms with Crippen LogP contribution in [0.2, 0.25) is 0 Å². The second-order valence-corrected chi connectivity index (χ2v) is 6.89. The average molecular weight is 298 g/mol. The van der Waals surface area contributed by atoms with Gasteiger partial charge in [0.25, 0.3) is 10.0 Å². The zero-order chi connectivity index (χ0) is 14.0. The minimum atomic E-state index is -3.64. The minimum absolute atomic E-state index is 0.0249. The highest BCUT2D eigenvalue weighted by Gasteiger charge is 2.25. The first-order chi connectivity index (χ1) is 8.95. The van der Waals surface area contributed by atoms with Gasteiger partial charge in [-0.15, -0.1) is 11.3 Å². The lowest BCUT2D eigenvalue weighted by Crippen LogP contribution is -2.30. The third-order valence-electron chi connectivity index (χ3n) is 2.54. The van der Waals surface area contributed by atoms with Crippen LogP contribution < -0.4 is 10.0 Å². The molecule has 2 rings (SSSR count). The Morgan fingerprint density at radius 2 is 2.11 bits per heavy atom. The maximum atomic E-state index is 12.5. The van der Waals surface area contributed by atoms with Gasteiger partial charge >= 0.3 is 0 Å². The number of hydrogen-bond acceptors (Lipinski definition) is 5. The quantitative estimate of drug-likeness (QED) is 0.906. The van der Waals surface area contributed by atoms with E-state index in [1.165, 1.54) is 22.5 Å². The molecule has 0 spiro atoms. The predicted octanol–water partition coefficient (Wildman–Crippen LogP) is 2.25. The summed E-state index contributed by atoms with van der Waals surface area (Å²) in [6.45, 7) is 2.00. The Kier molecular flexibility index (Phi) is 3.68. The van der Waals surface area contributed by atoms with Gasteiger partial charge in [0.1, 0.15) is 9.96 Å². The summed E-state index contributed by atoms with van der Waals surface area (Å²) in [6.07, 6.45) is 0. The largest absolute Gasteiger partial charge is 0.508 e. The van der Waals surface area contributed by atoms with Gasteiger partial charge in [-0.1, -0.05) is 6.07 Å². The number of thiophene rings is 1. The summed E-state index contributed by atoms with van der Waals surface area (Å²) in [4.78, 5) is 0. The van der Waals surface area contributed by atoms with Crippen molar-refractivity contribution in [1.29, 1.82) is 0 Å². The molecule has 0 aliphatic rings. The molecule has 0 unspecified atom stereocenters. The van der Waals surface area contributed by atoms with Crippen LogP contribution in [0.5, 0.6) is 5.75 Å². The van der Waals surface area contributed by atoms with E-state index in [0.29, 0.717) is 11.4 Å². The number of aromatic hydroxyl groups is 1. The van der Waals surface area contributed by atoms with Crippen molar-refractivity contribution >= 4 is 32.7 Å². The molecule has 0 aliphatic carbocycles. The Balaban J connectivity index is 2.47. The lowest BCUT2D eigenvalue weighted by Gasteiger charge is -2.22. The van der Waals surface area contributed by atoms with Gasteiger partial charge in [0.15, 0.2) is 0 Å². The van der Waals surface area contributed by atoms with Gasteiger partial charge in [0, 0.05) is 23.7 Å². The van der Waals surface area contributed by atoms with Crippen molar-refractivity contribution in [3.8, 4) is 5.75 Å². The zero-order valence-corrected chi connectivity index (χ0v) is 11.9. The first-order valence-electron chi connectivity index (χ1n) is 5.61. The maximum absolute atomic E-state index is 12.5. The van der Waals surface area contributed by atoms with E-state index in [4.69, 9.17) is 5.73 Å². The molecule has 0 amide bonds. The molecule has 3 N–H and O–H groups in total. The topological polar surface area (TPSA) is 83.6 Å². The van der Waals surface area contributed by atoms with Gasteiger partial charge in [-0.05, 0) is 25.1 Å². The monoisotopic (exact) mass is 298 g/mol. The van der Waals surface area contributed by atoms with Crippen LogP contribution in [0.4, 0.5) is 11.4 Å². The first kappa shape index (κ1) is 13.7. The highest BCUT2D eigenvalue weighted by atomic mass is 32.2. The number of nitrogens with zero attached hydrogens (tertiary/aromatic N) is 1. The second kappa shape index (κ2) is 5.10. The van der Waals surface area contributed by atoms with E-state index < -0.39 is 10.0 Å². The van der Waals surface area contributed by atoms with E-state index in [-0.39, 0.29) is 16.5 Å². The maximum Gasteiger partial charge on any atom is 0.273 e. The summed E-state index contributed by atoms with van der Waals surface area (Å²) >= 11 is 1.08. The fraction of sp³-hybridized carbons (Fsp3) is 0.167. The van der Waals surface area contributed by atoms with Crippen LogP contribution >= 0.6 is 11.3 Å². The SMILES string of the molecule is CCN(c1cccc(O)c1)S(=O)(=O)c1cc(N)cs1. The lowest BCUT2D eigenvalue weighted by atomic mass is 10.3. The predicted molar refractivity (Wildman–Crippen MR) is 77.0 cm³/mol.